The quantitative estimate of drug-likeness (QED) is 0.108. The molecule has 4 N–H and O–H groups in total. The highest BCUT2D eigenvalue weighted by molar-refractivity contribution is 7.53. The third-order valence-electron chi connectivity index (χ3n) is 13.2. The highest BCUT2D eigenvalue weighted by Gasteiger charge is 2.56. The predicted molar refractivity (Wildman–Crippen MR) is 224 cm³/mol. The summed E-state index contributed by atoms with van der Waals surface area (Å²) in [4.78, 5) is 51.2. The number of nitrogens with zero attached hydrogens (tertiary/aromatic N) is 8. The minimum absolute atomic E-state index is 0.000909. The Balaban J connectivity index is 1.04. The van der Waals surface area contributed by atoms with Gasteiger partial charge in [-0.05, 0) is 46.0 Å². The van der Waals surface area contributed by atoms with E-state index >= 15 is 13.3 Å². The Morgan fingerprint density at radius 2 is 1.20 bits per heavy atom. The van der Waals surface area contributed by atoms with Crippen LogP contribution in [0.4, 0.5) is 20.4 Å². The van der Waals surface area contributed by atoms with Crippen LogP contribution in [0.5, 0.6) is 0 Å². The Hall–Kier alpha value is -4.32. The molecule has 2 aliphatic carbocycles. The zero-order valence-corrected chi connectivity index (χ0v) is 38.0. The molecule has 3 aliphatic heterocycles. The van der Waals surface area contributed by atoms with Crippen molar-refractivity contribution < 1.29 is 69.1 Å². The average molecular weight is 969 g/mol. The highest BCUT2D eigenvalue weighted by atomic mass is 31.2. The van der Waals surface area contributed by atoms with E-state index in [9.17, 15) is 14.2 Å². The number of phosphoric ester groups is 1. The number of hydrogen-bond donors (Lipinski definition) is 2. The van der Waals surface area contributed by atoms with Crippen LogP contribution in [-0.4, -0.2) is 114 Å². The lowest BCUT2D eigenvalue weighted by Gasteiger charge is -2.32. The van der Waals surface area contributed by atoms with Crippen LogP contribution >= 0.6 is 15.4 Å². The molecule has 0 bridgehead atoms. The summed E-state index contributed by atoms with van der Waals surface area (Å²) in [5.41, 5.74) is 10.8. The van der Waals surface area contributed by atoms with Crippen LogP contribution in [0.1, 0.15) is 96.9 Å². The van der Waals surface area contributed by atoms with Crippen LogP contribution in [0.2, 0.25) is 0 Å². The maximum absolute atomic E-state index is 17.1. The van der Waals surface area contributed by atoms with Gasteiger partial charge in [0.15, 0.2) is 47.7 Å². The van der Waals surface area contributed by atoms with Gasteiger partial charge < -0.3 is 30.4 Å². The number of halogens is 2. The van der Waals surface area contributed by atoms with E-state index in [-0.39, 0.29) is 34.0 Å². The molecule has 4 aromatic rings. The molecular formula is C39H52F2N10O13P2. The van der Waals surface area contributed by atoms with Gasteiger partial charge in [-0.15, -0.1) is 0 Å². The summed E-state index contributed by atoms with van der Waals surface area (Å²) >= 11 is 0. The number of anilines is 2. The molecule has 2 saturated carbocycles. The first-order chi connectivity index (χ1) is 31.6. The summed E-state index contributed by atoms with van der Waals surface area (Å²) in [6, 6.07) is 0. The number of carbonyl (C=O) groups is 2. The molecule has 3 saturated heterocycles. The van der Waals surface area contributed by atoms with Gasteiger partial charge in [0.25, 0.3) is 0 Å². The number of imidazole rings is 2. The normalized spacial score (nSPS) is 33.6. The van der Waals surface area contributed by atoms with Crippen LogP contribution < -0.4 is 11.5 Å². The molecule has 0 amide bonds. The van der Waals surface area contributed by atoms with E-state index in [4.69, 9.17) is 53.0 Å². The zero-order valence-electron chi connectivity index (χ0n) is 36.2. The molecule has 4 aromatic heterocycles. The van der Waals surface area contributed by atoms with E-state index in [0.29, 0.717) is 25.7 Å². The van der Waals surface area contributed by atoms with E-state index in [1.54, 1.807) is 13.8 Å². The molecule has 10 atom stereocenters. The van der Waals surface area contributed by atoms with Crippen LogP contribution in [-0.2, 0) is 60.3 Å². The number of nitrogens with two attached hydrogens (primary N) is 2. The second kappa shape index (κ2) is 18.6. The van der Waals surface area contributed by atoms with Crippen molar-refractivity contribution in [2.24, 2.45) is 10.8 Å². The summed E-state index contributed by atoms with van der Waals surface area (Å²) in [5, 5.41) is 0. The van der Waals surface area contributed by atoms with Crippen molar-refractivity contribution in [3.05, 3.63) is 25.3 Å². The largest absolute Gasteiger partial charge is 0.478 e. The minimum Gasteiger partial charge on any atom is -0.438 e. The number of rotatable bonds is 10. The Morgan fingerprint density at radius 1 is 0.712 bits per heavy atom. The molecule has 9 rings (SSSR count). The first-order valence-corrected chi connectivity index (χ1v) is 25.1. The van der Waals surface area contributed by atoms with Crippen molar-refractivity contribution in [2.45, 2.75) is 134 Å². The lowest BCUT2D eigenvalue weighted by Crippen LogP contribution is -2.37. The number of alkyl halides is 2. The van der Waals surface area contributed by atoms with Gasteiger partial charge >= 0.3 is 27.4 Å². The van der Waals surface area contributed by atoms with Gasteiger partial charge in [-0.1, -0.05) is 38.5 Å². The maximum Gasteiger partial charge on any atom is 0.478 e. The van der Waals surface area contributed by atoms with Gasteiger partial charge in [-0.3, -0.25) is 41.4 Å². The minimum atomic E-state index is -5.07. The fourth-order valence-electron chi connectivity index (χ4n) is 9.32. The third kappa shape index (κ3) is 9.17. The van der Waals surface area contributed by atoms with Gasteiger partial charge in [0.2, 0.25) is 13.6 Å². The molecule has 23 nitrogen and oxygen atoms in total. The van der Waals surface area contributed by atoms with Crippen molar-refractivity contribution in [3.8, 4) is 0 Å². The zero-order chi connectivity index (χ0) is 46.4. The second-order valence-electron chi connectivity index (χ2n) is 17.8. The summed E-state index contributed by atoms with van der Waals surface area (Å²) in [6.45, 7) is 0.912. The molecule has 360 valence electrons. The molecule has 27 heteroatoms. The Kier molecular flexibility index (Phi) is 13.2. The summed E-state index contributed by atoms with van der Waals surface area (Å²) in [7, 11) is -9.69. The van der Waals surface area contributed by atoms with E-state index in [0.717, 1.165) is 51.2 Å². The average Bonchev–Trinajstić information content (AvgIpc) is 4.07. The van der Waals surface area contributed by atoms with Gasteiger partial charge in [0.05, 0.1) is 42.4 Å². The molecular weight excluding hydrogens is 916 g/mol. The fourth-order valence-corrected chi connectivity index (χ4v) is 12.3. The van der Waals surface area contributed by atoms with Crippen LogP contribution in [0.15, 0.2) is 25.3 Å². The van der Waals surface area contributed by atoms with Crippen LogP contribution in [0, 0.1) is 10.8 Å². The molecule has 0 spiro atoms. The number of hydrogen-bond acceptors (Lipinski definition) is 21. The SMILES string of the molecule is CC1(C(=O)OCOP2(=O)CCC3O[C@@H](n4cnc5c(N)ncnc54)[C@H](F)[C@@H]3OP(=O)(OCOC(=O)C3(C)CCCCC3)OC[C@H]3O[C@@H](n4cnc5c(N)ncnc54)[C@H](F)[C@@H]3O2)CCCCC1. The number of fused-ring (bicyclic) bond motifs is 4. The summed E-state index contributed by atoms with van der Waals surface area (Å²) in [6.07, 6.45) is -2.98. The molecule has 0 radical (unpaired) electrons. The maximum atomic E-state index is 17.1. The highest BCUT2D eigenvalue weighted by Crippen LogP contribution is 2.59. The van der Waals surface area contributed by atoms with Crippen molar-refractivity contribution >= 4 is 61.3 Å². The van der Waals surface area contributed by atoms with E-state index in [1.165, 1.54) is 21.8 Å². The topological polar surface area (TPSA) is 291 Å². The molecule has 0 aromatic carbocycles. The Labute approximate surface area is 376 Å². The van der Waals surface area contributed by atoms with E-state index < -0.39 is 120 Å². The van der Waals surface area contributed by atoms with E-state index in [2.05, 4.69) is 29.9 Å². The van der Waals surface area contributed by atoms with Crippen molar-refractivity contribution in [3.63, 3.8) is 0 Å². The number of aromatic nitrogens is 8. The smallest absolute Gasteiger partial charge is 0.438 e. The predicted octanol–water partition coefficient (Wildman–Crippen LogP) is 5.77. The molecule has 3 unspecified atom stereocenters. The number of ether oxygens (including phenoxy) is 4. The van der Waals surface area contributed by atoms with Gasteiger partial charge in [-0.2, -0.15) is 0 Å². The third-order valence-corrected chi connectivity index (χ3v) is 16.5. The van der Waals surface area contributed by atoms with Crippen molar-refractivity contribution in [2.75, 3.05) is 37.8 Å². The summed E-state index contributed by atoms with van der Waals surface area (Å²) < 4.78 is 119. The first-order valence-electron chi connectivity index (χ1n) is 21.9. The van der Waals surface area contributed by atoms with Crippen molar-refractivity contribution in [1.29, 1.82) is 0 Å². The number of carbonyl (C=O) groups excluding carboxylic acids is 2. The monoisotopic (exact) mass is 968 g/mol. The summed E-state index contributed by atoms with van der Waals surface area (Å²) in [5.74, 6) is -1.17. The first kappa shape index (κ1) is 46.8. The lowest BCUT2D eigenvalue weighted by atomic mass is 9.76. The molecule has 66 heavy (non-hydrogen) atoms. The standard InChI is InChI=1S/C39H52F2N10O13P2/c1-38(10-5-3-6-11-38)36(52)56-20-59-65(54)14-9-22-28(24(40)34(61-22)50-18-48-26-30(42)44-16-46-32(26)50)64-66(55,60-21-57-37(53)39(2)12-7-4-8-13-39)58-15-23-29(63-65)25(41)35(62-23)51-19-49-27-31(43)45-17-47-33(27)51/h16-19,22-25,28-29,34-35H,3-15,20-21H2,1-2H3,(H2,42,44,46)(H2,43,45,47)/t22?,23-,24-,25-,28-,29-,34-,35-,65?,66?/m1/s1. The van der Waals surface area contributed by atoms with Gasteiger partial charge in [0, 0.05) is 0 Å². The van der Waals surface area contributed by atoms with Crippen molar-refractivity contribution in [1.82, 2.24) is 39.0 Å². The molecule has 5 fully saturated rings. The Morgan fingerprint density at radius 3 is 1.73 bits per heavy atom. The van der Waals surface area contributed by atoms with E-state index in [1.807, 2.05) is 0 Å². The molecule has 7 heterocycles. The van der Waals surface area contributed by atoms with Gasteiger partial charge in [0.1, 0.15) is 42.0 Å². The molecule has 5 aliphatic rings. The van der Waals surface area contributed by atoms with Crippen LogP contribution in [0.25, 0.3) is 22.3 Å². The van der Waals surface area contributed by atoms with Crippen LogP contribution in [0.3, 0.4) is 0 Å². The number of esters is 2. The fraction of sp³-hybridized carbons (Fsp3) is 0.692. The van der Waals surface area contributed by atoms with Gasteiger partial charge in [-0.25, -0.2) is 47.8 Å². The Bertz CT molecular complexity index is 2360. The second-order valence-corrected chi connectivity index (χ2v) is 21.6. The lowest BCUT2D eigenvalue weighted by molar-refractivity contribution is -0.165. The number of phosphoric acid groups is 1. The number of nitrogen functional groups attached to an aromatic ring is 2.